The molecule has 0 fully saturated rings. The molecule has 1 aromatic carbocycles. The molecule has 1 aromatic rings. The first-order chi connectivity index (χ1) is 9.43. The van der Waals surface area contributed by atoms with Crippen LogP contribution >= 0.6 is 0 Å². The summed E-state index contributed by atoms with van der Waals surface area (Å²) in [6.45, 7) is 17.7. The molecule has 0 unspecified atom stereocenters. The Morgan fingerprint density at radius 3 is 2.35 bits per heavy atom. The maximum absolute atomic E-state index is 3.57. The van der Waals surface area contributed by atoms with Crippen molar-refractivity contribution >= 4 is 5.69 Å². The van der Waals surface area contributed by atoms with Crippen molar-refractivity contribution in [3.8, 4) is 0 Å². The summed E-state index contributed by atoms with van der Waals surface area (Å²) in [5.74, 6) is 1.38. The number of anilines is 1. The first-order valence-electron chi connectivity index (χ1n) is 7.99. The molecule has 20 heavy (non-hydrogen) atoms. The fourth-order valence-corrected chi connectivity index (χ4v) is 2.50. The van der Waals surface area contributed by atoms with Gasteiger partial charge in [0.05, 0.1) is 0 Å². The van der Waals surface area contributed by atoms with E-state index in [2.05, 4.69) is 70.0 Å². The van der Waals surface area contributed by atoms with Crippen LogP contribution in [0.3, 0.4) is 0 Å². The van der Waals surface area contributed by atoms with Gasteiger partial charge in [-0.3, -0.25) is 0 Å². The lowest BCUT2D eigenvalue weighted by Crippen LogP contribution is -2.29. The molecule has 0 spiro atoms. The van der Waals surface area contributed by atoms with Crippen molar-refractivity contribution in [3.05, 3.63) is 29.3 Å². The molecule has 0 aliphatic heterocycles. The second-order valence-corrected chi connectivity index (χ2v) is 6.59. The van der Waals surface area contributed by atoms with Gasteiger partial charge in [-0.15, -0.1) is 0 Å². The molecule has 0 atom stereocenters. The van der Waals surface area contributed by atoms with E-state index in [1.807, 2.05) is 0 Å². The van der Waals surface area contributed by atoms with Gasteiger partial charge in [0, 0.05) is 25.3 Å². The van der Waals surface area contributed by atoms with Crippen molar-refractivity contribution in [2.24, 2.45) is 11.8 Å². The van der Waals surface area contributed by atoms with Crippen LogP contribution in [-0.4, -0.2) is 19.6 Å². The molecule has 2 nitrogen and oxygen atoms in total. The van der Waals surface area contributed by atoms with Crippen molar-refractivity contribution in [1.82, 2.24) is 5.32 Å². The average molecular weight is 276 g/mol. The van der Waals surface area contributed by atoms with E-state index in [0.29, 0.717) is 11.8 Å². The maximum atomic E-state index is 3.57. The number of hydrogen-bond acceptors (Lipinski definition) is 2. The van der Waals surface area contributed by atoms with Crippen LogP contribution < -0.4 is 10.2 Å². The SMILES string of the molecule is CCN(CC(C)C)c1ccc(C)cc1CNCC(C)C. The van der Waals surface area contributed by atoms with Crippen LogP contribution in [0.4, 0.5) is 5.69 Å². The number of hydrogen-bond donors (Lipinski definition) is 1. The van der Waals surface area contributed by atoms with E-state index in [-0.39, 0.29) is 0 Å². The molecule has 0 amide bonds. The number of nitrogens with zero attached hydrogens (tertiary/aromatic N) is 1. The molecule has 0 radical (unpaired) electrons. The Hall–Kier alpha value is -1.02. The Morgan fingerprint density at radius 2 is 1.80 bits per heavy atom. The lowest BCUT2D eigenvalue weighted by atomic mass is 10.1. The van der Waals surface area contributed by atoms with E-state index in [1.54, 1.807) is 0 Å². The van der Waals surface area contributed by atoms with Crippen LogP contribution in [-0.2, 0) is 6.54 Å². The molecular weight excluding hydrogens is 244 g/mol. The number of nitrogens with one attached hydrogen (secondary N) is 1. The molecule has 0 saturated heterocycles. The predicted octanol–water partition coefficient (Wildman–Crippen LogP) is 4.22. The fourth-order valence-electron chi connectivity index (χ4n) is 2.50. The van der Waals surface area contributed by atoms with Crippen LogP contribution in [0.1, 0.15) is 45.7 Å². The van der Waals surface area contributed by atoms with Gasteiger partial charge in [-0.05, 0) is 43.9 Å². The lowest BCUT2D eigenvalue weighted by Gasteiger charge is -2.28. The Balaban J connectivity index is 2.87. The number of rotatable bonds is 8. The Kier molecular flexibility index (Phi) is 7.08. The van der Waals surface area contributed by atoms with Crippen LogP contribution in [0.5, 0.6) is 0 Å². The minimum atomic E-state index is 0.688. The highest BCUT2D eigenvalue weighted by Gasteiger charge is 2.11. The second kappa shape index (κ2) is 8.31. The summed E-state index contributed by atoms with van der Waals surface area (Å²) in [5, 5.41) is 3.57. The first-order valence-corrected chi connectivity index (χ1v) is 7.99. The van der Waals surface area contributed by atoms with E-state index < -0.39 is 0 Å². The molecule has 0 bridgehead atoms. The zero-order chi connectivity index (χ0) is 15.1. The Labute approximate surface area is 125 Å². The smallest absolute Gasteiger partial charge is 0.0412 e. The Bertz CT molecular complexity index is 396. The van der Waals surface area contributed by atoms with Crippen molar-refractivity contribution in [2.45, 2.75) is 48.1 Å². The topological polar surface area (TPSA) is 15.3 Å². The molecule has 1 N–H and O–H groups in total. The zero-order valence-corrected chi connectivity index (χ0v) is 14.2. The highest BCUT2D eigenvalue weighted by molar-refractivity contribution is 5.55. The van der Waals surface area contributed by atoms with Gasteiger partial charge in [0.2, 0.25) is 0 Å². The second-order valence-electron chi connectivity index (χ2n) is 6.59. The first kappa shape index (κ1) is 17.0. The van der Waals surface area contributed by atoms with E-state index in [1.165, 1.54) is 16.8 Å². The molecule has 1 rings (SSSR count). The van der Waals surface area contributed by atoms with E-state index in [4.69, 9.17) is 0 Å². The fraction of sp³-hybridized carbons (Fsp3) is 0.667. The van der Waals surface area contributed by atoms with Gasteiger partial charge in [0.1, 0.15) is 0 Å². The summed E-state index contributed by atoms with van der Waals surface area (Å²) in [4.78, 5) is 2.50. The molecule has 0 saturated carbocycles. The molecule has 2 heteroatoms. The van der Waals surface area contributed by atoms with Gasteiger partial charge in [-0.2, -0.15) is 0 Å². The summed E-state index contributed by atoms with van der Waals surface area (Å²) in [5.41, 5.74) is 4.16. The van der Waals surface area contributed by atoms with E-state index in [0.717, 1.165) is 26.2 Å². The predicted molar refractivity (Wildman–Crippen MR) is 90.4 cm³/mol. The summed E-state index contributed by atoms with van der Waals surface area (Å²) < 4.78 is 0. The summed E-state index contributed by atoms with van der Waals surface area (Å²) in [6, 6.07) is 6.84. The molecule has 0 aliphatic carbocycles. The summed E-state index contributed by atoms with van der Waals surface area (Å²) in [6.07, 6.45) is 0. The summed E-state index contributed by atoms with van der Waals surface area (Å²) in [7, 11) is 0. The van der Waals surface area contributed by atoms with Gasteiger partial charge in [0.25, 0.3) is 0 Å². The van der Waals surface area contributed by atoms with E-state index >= 15 is 0 Å². The summed E-state index contributed by atoms with van der Waals surface area (Å²) >= 11 is 0. The van der Waals surface area contributed by atoms with Crippen molar-refractivity contribution in [1.29, 1.82) is 0 Å². The van der Waals surface area contributed by atoms with Crippen LogP contribution in [0.2, 0.25) is 0 Å². The standard InChI is InChI=1S/C18H32N2/c1-7-20(13-15(4)5)18-9-8-16(6)10-17(18)12-19-11-14(2)3/h8-10,14-15,19H,7,11-13H2,1-6H3. The third-order valence-corrected chi connectivity index (χ3v) is 3.41. The third kappa shape index (κ3) is 5.54. The monoisotopic (exact) mass is 276 g/mol. The maximum Gasteiger partial charge on any atom is 0.0412 e. The Morgan fingerprint density at radius 1 is 1.10 bits per heavy atom. The van der Waals surface area contributed by atoms with Gasteiger partial charge in [-0.25, -0.2) is 0 Å². The lowest BCUT2D eigenvalue weighted by molar-refractivity contribution is 0.550. The number of aryl methyl sites for hydroxylation is 1. The highest BCUT2D eigenvalue weighted by Crippen LogP contribution is 2.23. The van der Waals surface area contributed by atoms with Crippen LogP contribution in [0, 0.1) is 18.8 Å². The van der Waals surface area contributed by atoms with E-state index in [9.17, 15) is 0 Å². The van der Waals surface area contributed by atoms with Gasteiger partial charge < -0.3 is 10.2 Å². The van der Waals surface area contributed by atoms with Gasteiger partial charge in [0.15, 0.2) is 0 Å². The number of benzene rings is 1. The van der Waals surface area contributed by atoms with Gasteiger partial charge in [-0.1, -0.05) is 45.4 Å². The molecule has 0 aliphatic rings. The third-order valence-electron chi connectivity index (χ3n) is 3.41. The quantitative estimate of drug-likeness (QED) is 0.764. The molecule has 0 aromatic heterocycles. The molecular formula is C18H32N2. The average Bonchev–Trinajstić information content (AvgIpc) is 2.36. The van der Waals surface area contributed by atoms with Crippen LogP contribution in [0.25, 0.3) is 0 Å². The molecule has 114 valence electrons. The normalized spacial score (nSPS) is 11.4. The largest absolute Gasteiger partial charge is 0.371 e. The highest BCUT2D eigenvalue weighted by atomic mass is 15.1. The van der Waals surface area contributed by atoms with Gasteiger partial charge >= 0.3 is 0 Å². The van der Waals surface area contributed by atoms with Crippen molar-refractivity contribution < 1.29 is 0 Å². The van der Waals surface area contributed by atoms with Crippen molar-refractivity contribution in [2.75, 3.05) is 24.5 Å². The zero-order valence-electron chi connectivity index (χ0n) is 14.2. The van der Waals surface area contributed by atoms with Crippen LogP contribution in [0.15, 0.2) is 18.2 Å². The molecule has 0 heterocycles. The minimum Gasteiger partial charge on any atom is -0.371 e. The minimum absolute atomic E-state index is 0.688. The van der Waals surface area contributed by atoms with Crippen molar-refractivity contribution in [3.63, 3.8) is 0 Å².